The van der Waals surface area contributed by atoms with E-state index in [4.69, 9.17) is 34.8 Å². The number of hydrogen-bond acceptors (Lipinski definition) is 2. The zero-order chi connectivity index (χ0) is 16.3. The molecule has 0 radical (unpaired) electrons. The Bertz CT molecular complexity index is 717. The molecule has 0 aliphatic carbocycles. The molecule has 0 heterocycles. The van der Waals surface area contributed by atoms with Crippen LogP contribution in [-0.2, 0) is 4.79 Å². The maximum Gasteiger partial charge on any atom is 0.243 e. The van der Waals surface area contributed by atoms with Crippen LogP contribution in [0.4, 0.5) is 11.4 Å². The number of benzene rings is 2. The first kappa shape index (κ1) is 16.9. The molecule has 0 atom stereocenters. The highest BCUT2D eigenvalue weighted by Gasteiger charge is 2.09. The summed E-state index contributed by atoms with van der Waals surface area (Å²) < 4.78 is 0. The molecule has 0 saturated carbocycles. The van der Waals surface area contributed by atoms with E-state index in [2.05, 4.69) is 10.6 Å². The lowest BCUT2D eigenvalue weighted by molar-refractivity contribution is -0.114. The predicted octanol–water partition coefficient (Wildman–Crippen LogP) is 5.31. The summed E-state index contributed by atoms with van der Waals surface area (Å²) in [7, 11) is 0. The fourth-order valence-electron chi connectivity index (χ4n) is 1.91. The molecule has 0 unspecified atom stereocenters. The Morgan fingerprint density at radius 1 is 1.00 bits per heavy atom. The van der Waals surface area contributed by atoms with E-state index in [1.165, 1.54) is 6.07 Å². The number of nitrogens with one attached hydrogen (secondary N) is 2. The Morgan fingerprint density at radius 3 is 2.41 bits per heavy atom. The monoisotopic (exact) mass is 356 g/mol. The average molecular weight is 358 g/mol. The van der Waals surface area contributed by atoms with Gasteiger partial charge in [0.15, 0.2) is 0 Å². The zero-order valence-electron chi connectivity index (χ0n) is 12.1. The van der Waals surface area contributed by atoms with E-state index in [0.717, 1.165) is 16.8 Å². The number of rotatable bonds is 4. The number of hydrogen-bond donors (Lipinski definition) is 2. The van der Waals surface area contributed by atoms with Crippen molar-refractivity contribution >= 4 is 52.1 Å². The summed E-state index contributed by atoms with van der Waals surface area (Å²) in [6.45, 7) is 4.04. The van der Waals surface area contributed by atoms with Crippen molar-refractivity contribution in [2.75, 3.05) is 17.2 Å². The third-order valence-electron chi connectivity index (χ3n) is 3.33. The molecular weight excluding hydrogens is 343 g/mol. The summed E-state index contributed by atoms with van der Waals surface area (Å²) in [5.74, 6) is -0.171. The lowest BCUT2D eigenvalue weighted by Crippen LogP contribution is -2.22. The molecule has 0 spiro atoms. The molecular formula is C16H15Cl3N2O. The van der Waals surface area contributed by atoms with Crippen molar-refractivity contribution in [3.05, 3.63) is 56.5 Å². The van der Waals surface area contributed by atoms with Gasteiger partial charge >= 0.3 is 0 Å². The minimum absolute atomic E-state index is 0.0745. The second kappa shape index (κ2) is 7.23. The van der Waals surface area contributed by atoms with Gasteiger partial charge in [-0.05, 0) is 43.2 Å². The number of amides is 1. The largest absolute Gasteiger partial charge is 0.375 e. The standard InChI is InChI=1S/C16H15Cl3N2O/c1-9-4-3-5-14(10(9)2)21-16(22)8-20-15-7-12(18)11(17)6-13(15)19/h3-7,20H,8H2,1-2H3,(H,21,22). The van der Waals surface area contributed by atoms with Gasteiger partial charge in [0, 0.05) is 5.69 Å². The second-order valence-electron chi connectivity index (χ2n) is 4.90. The van der Waals surface area contributed by atoms with Gasteiger partial charge in [0.05, 0.1) is 27.3 Å². The predicted molar refractivity (Wildman–Crippen MR) is 94.5 cm³/mol. The maximum absolute atomic E-state index is 12.0. The molecule has 0 aliphatic heterocycles. The summed E-state index contributed by atoms with van der Waals surface area (Å²) in [6, 6.07) is 8.90. The van der Waals surface area contributed by atoms with Gasteiger partial charge in [0.1, 0.15) is 0 Å². The summed E-state index contributed by atoms with van der Waals surface area (Å²) in [6.07, 6.45) is 0. The van der Waals surface area contributed by atoms with E-state index >= 15 is 0 Å². The van der Waals surface area contributed by atoms with Crippen molar-refractivity contribution in [2.24, 2.45) is 0 Å². The molecule has 1 amide bonds. The Labute approximate surface area is 144 Å². The van der Waals surface area contributed by atoms with E-state index in [-0.39, 0.29) is 12.5 Å². The summed E-state index contributed by atoms with van der Waals surface area (Å²) in [5, 5.41) is 6.97. The van der Waals surface area contributed by atoms with E-state index in [1.807, 2.05) is 32.0 Å². The molecule has 2 N–H and O–H groups in total. The molecule has 0 bridgehead atoms. The first-order chi connectivity index (χ1) is 10.4. The van der Waals surface area contributed by atoms with Gasteiger partial charge in [-0.1, -0.05) is 46.9 Å². The summed E-state index contributed by atoms with van der Waals surface area (Å²) in [4.78, 5) is 12.0. The number of carbonyl (C=O) groups is 1. The molecule has 3 nitrogen and oxygen atoms in total. The van der Waals surface area contributed by atoms with E-state index in [0.29, 0.717) is 20.8 Å². The molecule has 22 heavy (non-hydrogen) atoms. The van der Waals surface area contributed by atoms with Crippen molar-refractivity contribution in [2.45, 2.75) is 13.8 Å². The van der Waals surface area contributed by atoms with Crippen LogP contribution in [-0.4, -0.2) is 12.5 Å². The van der Waals surface area contributed by atoms with Gasteiger partial charge in [-0.3, -0.25) is 4.79 Å². The number of halogens is 3. The minimum atomic E-state index is -0.171. The van der Waals surface area contributed by atoms with E-state index in [9.17, 15) is 4.79 Å². The van der Waals surface area contributed by atoms with Crippen LogP contribution >= 0.6 is 34.8 Å². The maximum atomic E-state index is 12.0. The fourth-order valence-corrected chi connectivity index (χ4v) is 2.53. The Hall–Kier alpha value is -1.42. The van der Waals surface area contributed by atoms with Gasteiger partial charge < -0.3 is 10.6 Å². The average Bonchev–Trinajstić information content (AvgIpc) is 2.46. The van der Waals surface area contributed by atoms with Crippen LogP contribution in [0.25, 0.3) is 0 Å². The summed E-state index contributed by atoms with van der Waals surface area (Å²) in [5.41, 5.74) is 3.53. The first-order valence-corrected chi connectivity index (χ1v) is 7.76. The van der Waals surface area contributed by atoms with Crippen molar-refractivity contribution in [3.63, 3.8) is 0 Å². The molecule has 0 aliphatic rings. The van der Waals surface area contributed by atoms with Crippen LogP contribution in [0.3, 0.4) is 0 Å². The molecule has 6 heteroatoms. The van der Waals surface area contributed by atoms with Gasteiger partial charge in [0.2, 0.25) is 5.91 Å². The lowest BCUT2D eigenvalue weighted by atomic mass is 10.1. The lowest BCUT2D eigenvalue weighted by Gasteiger charge is -2.12. The molecule has 0 aromatic heterocycles. The molecule has 0 fully saturated rings. The fraction of sp³-hybridized carbons (Fsp3) is 0.188. The Kier molecular flexibility index (Phi) is 5.57. The van der Waals surface area contributed by atoms with Crippen LogP contribution in [0.5, 0.6) is 0 Å². The zero-order valence-corrected chi connectivity index (χ0v) is 14.4. The van der Waals surface area contributed by atoms with Crippen molar-refractivity contribution < 1.29 is 4.79 Å². The smallest absolute Gasteiger partial charge is 0.243 e. The van der Waals surface area contributed by atoms with Crippen LogP contribution in [0.1, 0.15) is 11.1 Å². The van der Waals surface area contributed by atoms with E-state index in [1.54, 1.807) is 6.07 Å². The molecule has 2 aromatic rings. The molecule has 2 rings (SSSR count). The van der Waals surface area contributed by atoms with Crippen molar-refractivity contribution in [1.82, 2.24) is 0 Å². The quantitative estimate of drug-likeness (QED) is 0.728. The van der Waals surface area contributed by atoms with Crippen LogP contribution < -0.4 is 10.6 Å². The van der Waals surface area contributed by atoms with Gasteiger partial charge in [-0.2, -0.15) is 0 Å². The van der Waals surface area contributed by atoms with Crippen molar-refractivity contribution in [3.8, 4) is 0 Å². The Balaban J connectivity index is 2.02. The minimum Gasteiger partial charge on any atom is -0.375 e. The number of anilines is 2. The molecule has 2 aromatic carbocycles. The highest BCUT2D eigenvalue weighted by Crippen LogP contribution is 2.32. The van der Waals surface area contributed by atoms with Gasteiger partial charge in [-0.15, -0.1) is 0 Å². The second-order valence-corrected chi connectivity index (χ2v) is 6.12. The highest BCUT2D eigenvalue weighted by atomic mass is 35.5. The van der Waals surface area contributed by atoms with Crippen LogP contribution in [0.15, 0.2) is 30.3 Å². The third kappa shape index (κ3) is 4.07. The molecule has 0 saturated heterocycles. The Morgan fingerprint density at radius 2 is 1.68 bits per heavy atom. The highest BCUT2D eigenvalue weighted by molar-refractivity contribution is 6.44. The van der Waals surface area contributed by atoms with Gasteiger partial charge in [-0.25, -0.2) is 0 Å². The van der Waals surface area contributed by atoms with Crippen molar-refractivity contribution in [1.29, 1.82) is 0 Å². The number of aryl methyl sites for hydroxylation is 1. The van der Waals surface area contributed by atoms with Crippen LogP contribution in [0.2, 0.25) is 15.1 Å². The topological polar surface area (TPSA) is 41.1 Å². The normalized spacial score (nSPS) is 10.4. The van der Waals surface area contributed by atoms with E-state index < -0.39 is 0 Å². The van der Waals surface area contributed by atoms with Crippen LogP contribution in [0, 0.1) is 13.8 Å². The van der Waals surface area contributed by atoms with Gasteiger partial charge in [0.25, 0.3) is 0 Å². The number of carbonyl (C=O) groups excluding carboxylic acids is 1. The third-order valence-corrected chi connectivity index (χ3v) is 4.36. The molecule has 116 valence electrons. The first-order valence-electron chi connectivity index (χ1n) is 6.63. The summed E-state index contributed by atoms with van der Waals surface area (Å²) >= 11 is 17.9. The SMILES string of the molecule is Cc1cccc(NC(=O)CNc2cc(Cl)c(Cl)cc2Cl)c1C.